The molecule has 8 atom stereocenters. The first-order chi connectivity index (χ1) is 23.7. The van der Waals surface area contributed by atoms with Gasteiger partial charge in [-0.25, -0.2) is 14.8 Å². The number of aliphatic carboxylic acids is 1. The molecule has 1 heterocycles. The van der Waals surface area contributed by atoms with E-state index in [-0.39, 0.29) is 64.4 Å². The van der Waals surface area contributed by atoms with Crippen molar-refractivity contribution in [2.24, 2.45) is 50.7 Å². The number of carboxylic acid groups (broad SMARTS) is 1. The molecule has 0 aliphatic heterocycles. The molecule has 3 N–H and O–H groups in total. The molecule has 4 fully saturated rings. The number of nitrogens with one attached hydrogen (secondary N) is 2. The Morgan fingerprint density at radius 3 is 2.35 bits per heavy atom. The molecule has 280 valence electrons. The van der Waals surface area contributed by atoms with E-state index >= 15 is 0 Å². The van der Waals surface area contributed by atoms with Gasteiger partial charge in [0.25, 0.3) is 0 Å². The molecule has 4 saturated carbocycles. The molecule has 0 saturated heterocycles. The second kappa shape index (κ2) is 12.7. The molecule has 0 aromatic carbocycles. The number of fused-ring (bicyclic) bond motifs is 7. The van der Waals surface area contributed by atoms with Gasteiger partial charge in [0.05, 0.1) is 29.6 Å². The maximum atomic E-state index is 13.9. The lowest BCUT2D eigenvalue weighted by molar-refractivity contribution is -0.232. The Bertz CT molecular complexity index is 1620. The Kier molecular flexibility index (Phi) is 9.31. The summed E-state index contributed by atoms with van der Waals surface area (Å²) in [5.74, 6) is -0.179. The number of amides is 2. The lowest BCUT2D eigenvalue weighted by atomic mass is 9.33. The number of carboxylic acids is 1. The van der Waals surface area contributed by atoms with Crippen molar-refractivity contribution in [1.82, 2.24) is 20.6 Å². The normalized spacial score (nSPS) is 37.1. The number of urea groups is 1. The van der Waals surface area contributed by atoms with Crippen LogP contribution in [0.1, 0.15) is 132 Å². The molecule has 2 amide bonds. The first kappa shape index (κ1) is 37.5. The van der Waals surface area contributed by atoms with Crippen LogP contribution in [0.15, 0.2) is 29.7 Å². The summed E-state index contributed by atoms with van der Waals surface area (Å²) in [4.78, 5) is 60.4. The smallest absolute Gasteiger partial charge is 0.315 e. The largest absolute Gasteiger partial charge is 0.481 e. The molecule has 0 radical (unpaired) electrons. The van der Waals surface area contributed by atoms with Crippen molar-refractivity contribution in [1.29, 1.82) is 0 Å². The highest BCUT2D eigenvalue weighted by molar-refractivity contribution is 6.02. The number of ether oxygens (including phenoxy) is 1. The van der Waals surface area contributed by atoms with Crippen LogP contribution in [-0.2, 0) is 25.7 Å². The number of ketones is 1. The summed E-state index contributed by atoms with van der Waals surface area (Å²) in [5, 5.41) is 16.0. The topological polar surface area (TPSA) is 148 Å². The third-order valence-electron chi connectivity index (χ3n) is 15.2. The summed E-state index contributed by atoms with van der Waals surface area (Å²) in [5.41, 5.74) is 0.750. The minimum Gasteiger partial charge on any atom is -0.481 e. The highest BCUT2D eigenvalue weighted by atomic mass is 16.5. The van der Waals surface area contributed by atoms with Crippen LogP contribution < -0.4 is 10.6 Å². The van der Waals surface area contributed by atoms with E-state index in [2.05, 4.69) is 69.1 Å². The molecule has 5 aliphatic rings. The van der Waals surface area contributed by atoms with Crippen molar-refractivity contribution in [3.05, 3.63) is 35.4 Å². The van der Waals surface area contributed by atoms with Gasteiger partial charge in [0.1, 0.15) is 12.4 Å². The van der Waals surface area contributed by atoms with Crippen LogP contribution in [0, 0.1) is 50.7 Å². The van der Waals surface area contributed by atoms with Gasteiger partial charge >= 0.3 is 18.0 Å². The Hall–Kier alpha value is -3.30. The van der Waals surface area contributed by atoms with Gasteiger partial charge in [-0.3, -0.25) is 14.4 Å². The highest BCUT2D eigenvalue weighted by Crippen LogP contribution is 2.76. The monoisotopic (exact) mass is 704 g/mol. The number of nitrogens with zero attached hydrogens (tertiary/aromatic N) is 2. The van der Waals surface area contributed by atoms with Gasteiger partial charge in [-0.15, -0.1) is 0 Å². The van der Waals surface area contributed by atoms with Gasteiger partial charge in [0.2, 0.25) is 0 Å². The fourth-order valence-electron chi connectivity index (χ4n) is 12.4. The molecule has 5 aliphatic carbocycles. The molecule has 10 heteroatoms. The maximum Gasteiger partial charge on any atom is 0.315 e. The van der Waals surface area contributed by atoms with Crippen molar-refractivity contribution in [3.8, 4) is 0 Å². The Morgan fingerprint density at radius 2 is 1.71 bits per heavy atom. The van der Waals surface area contributed by atoms with E-state index in [0.29, 0.717) is 18.3 Å². The van der Waals surface area contributed by atoms with Crippen molar-refractivity contribution in [2.45, 2.75) is 145 Å². The number of hydrogen-bond donors (Lipinski definition) is 3. The molecule has 1 aromatic heterocycles. The summed E-state index contributed by atoms with van der Waals surface area (Å²) >= 11 is 0. The zero-order chi connectivity index (χ0) is 37.4. The number of carbonyl (C=O) groups is 4. The van der Waals surface area contributed by atoms with Gasteiger partial charge in [0.15, 0.2) is 5.78 Å². The molecule has 0 bridgehead atoms. The zero-order valence-corrected chi connectivity index (χ0v) is 32.3. The van der Waals surface area contributed by atoms with Crippen LogP contribution in [0.3, 0.4) is 0 Å². The Labute approximate surface area is 303 Å². The third kappa shape index (κ3) is 5.91. The molecule has 10 nitrogen and oxygen atoms in total. The van der Waals surface area contributed by atoms with E-state index in [1.54, 1.807) is 26.1 Å². The van der Waals surface area contributed by atoms with E-state index < -0.39 is 22.9 Å². The van der Waals surface area contributed by atoms with Crippen molar-refractivity contribution >= 4 is 23.8 Å². The standard InChI is InChI=1S/C41H60N4O6/c1-24(2)32-27(46)20-41(45-35(50)43-22-25-14-19-42-23-44-25)18-17-39(8)26(33(32)41)10-11-29-38(7)15-13-30(51-31(47)21-36(3,4)34(48)49)37(5,6)28(38)12-16-40(29,39)9/h14,19,23-24,26,28-30H,10-13,15-18,20-22H2,1-9H3,(H,48,49)(H2,43,45,50)/t26-,28+,29-,30+,38+,39-,40-,41-/m1/s1. The summed E-state index contributed by atoms with van der Waals surface area (Å²) in [7, 11) is 0. The number of aromatic nitrogens is 2. The van der Waals surface area contributed by atoms with Gasteiger partial charge in [-0.1, -0.05) is 48.5 Å². The van der Waals surface area contributed by atoms with Crippen molar-refractivity contribution in [2.75, 3.05) is 0 Å². The average molecular weight is 705 g/mol. The SMILES string of the molecule is CC(C)C1=C2[C@H]3CC[C@@H]4[C@@]5(C)CC[C@H](OC(=O)CC(C)(C)C(=O)O)C(C)(C)[C@@H]5CC[C@@]4(C)[C@]3(C)CC[C@@]2(NC(=O)NCc2ccncn2)CC1=O. The van der Waals surface area contributed by atoms with E-state index in [1.807, 2.05) is 0 Å². The number of allylic oxidation sites excluding steroid dienone is 1. The van der Waals surface area contributed by atoms with E-state index in [4.69, 9.17) is 4.74 Å². The predicted octanol–water partition coefficient (Wildman–Crippen LogP) is 7.42. The maximum absolute atomic E-state index is 13.9. The number of carbonyl (C=O) groups excluding carboxylic acids is 3. The summed E-state index contributed by atoms with van der Waals surface area (Å²) < 4.78 is 6.14. The van der Waals surface area contributed by atoms with Crippen molar-refractivity contribution < 1.29 is 29.0 Å². The van der Waals surface area contributed by atoms with Gasteiger partial charge < -0.3 is 20.5 Å². The minimum absolute atomic E-state index is 0.0223. The summed E-state index contributed by atoms with van der Waals surface area (Å²) in [6.07, 6.45) is 10.5. The molecule has 1 aromatic rings. The van der Waals surface area contributed by atoms with Crippen molar-refractivity contribution in [3.63, 3.8) is 0 Å². The molecule has 51 heavy (non-hydrogen) atoms. The lowest BCUT2D eigenvalue weighted by Gasteiger charge is -2.72. The van der Waals surface area contributed by atoms with Crippen LogP contribution in [0.2, 0.25) is 0 Å². The number of rotatable bonds is 8. The number of esters is 1. The fraction of sp³-hybridized carbons (Fsp3) is 0.756. The lowest BCUT2D eigenvalue weighted by Crippen LogP contribution is -2.67. The van der Waals surface area contributed by atoms with Gasteiger partial charge in [0, 0.05) is 18.0 Å². The van der Waals surface area contributed by atoms with E-state index in [0.717, 1.165) is 62.6 Å². The van der Waals surface area contributed by atoms with Gasteiger partial charge in [-0.2, -0.15) is 0 Å². The van der Waals surface area contributed by atoms with Gasteiger partial charge in [-0.05, 0) is 122 Å². The van der Waals surface area contributed by atoms with Crippen LogP contribution in [0.4, 0.5) is 4.79 Å². The highest BCUT2D eigenvalue weighted by Gasteiger charge is 2.70. The van der Waals surface area contributed by atoms with E-state index in [1.165, 1.54) is 11.9 Å². The van der Waals surface area contributed by atoms with Crippen LogP contribution in [0.5, 0.6) is 0 Å². The molecule has 0 spiro atoms. The fourth-order valence-corrected chi connectivity index (χ4v) is 12.4. The molecular formula is C41H60N4O6. The van der Waals surface area contributed by atoms with Crippen LogP contribution in [-0.4, -0.2) is 50.5 Å². The number of hydrogen-bond acceptors (Lipinski definition) is 7. The second-order valence-electron chi connectivity index (χ2n) is 19.0. The Balaban J connectivity index is 1.26. The molecule has 0 unspecified atom stereocenters. The summed E-state index contributed by atoms with van der Waals surface area (Å²) in [6.45, 7) is 19.7. The minimum atomic E-state index is -1.17. The second-order valence-corrected chi connectivity index (χ2v) is 19.0. The van der Waals surface area contributed by atoms with E-state index in [9.17, 15) is 24.3 Å². The first-order valence-electron chi connectivity index (χ1n) is 19.2. The Morgan fingerprint density at radius 1 is 0.980 bits per heavy atom. The number of Topliss-reactive ketones (excluding diaryl/α,β-unsaturated/α-hetero) is 1. The third-order valence-corrected chi connectivity index (χ3v) is 15.2. The summed E-state index contributed by atoms with van der Waals surface area (Å²) in [6, 6.07) is 1.51. The molecular weight excluding hydrogens is 644 g/mol. The predicted molar refractivity (Wildman–Crippen MR) is 193 cm³/mol. The average Bonchev–Trinajstić information content (AvgIpc) is 3.33. The zero-order valence-electron chi connectivity index (χ0n) is 32.3. The van der Waals surface area contributed by atoms with Crippen LogP contribution in [0.25, 0.3) is 0 Å². The molecule has 6 rings (SSSR count). The quantitative estimate of drug-likeness (QED) is 0.237. The van der Waals surface area contributed by atoms with Crippen LogP contribution >= 0.6 is 0 Å². The first-order valence-corrected chi connectivity index (χ1v) is 19.2.